The van der Waals surface area contributed by atoms with Crippen LogP contribution in [0.4, 0.5) is 0 Å². The van der Waals surface area contributed by atoms with E-state index < -0.39 is 0 Å². The second-order valence-electron chi connectivity index (χ2n) is 4.55. The predicted molar refractivity (Wildman–Crippen MR) is 94.2 cm³/mol. The fourth-order valence-electron chi connectivity index (χ4n) is 2.19. The molecule has 0 spiro atoms. The Morgan fingerprint density at radius 2 is 2.14 bits per heavy atom. The summed E-state index contributed by atoms with van der Waals surface area (Å²) in [5.74, 6) is 0.905. The molecule has 1 aromatic heterocycles. The Morgan fingerprint density at radius 3 is 2.81 bits per heavy atom. The van der Waals surface area contributed by atoms with Crippen LogP contribution < -0.4 is 5.32 Å². The van der Waals surface area contributed by atoms with Crippen LogP contribution >= 0.6 is 39.3 Å². The summed E-state index contributed by atoms with van der Waals surface area (Å²) in [5, 5.41) is 8.58. The van der Waals surface area contributed by atoms with Gasteiger partial charge in [0.2, 0.25) is 0 Å². The Labute approximate surface area is 143 Å². The van der Waals surface area contributed by atoms with Gasteiger partial charge in [-0.1, -0.05) is 30.7 Å². The maximum absolute atomic E-state index is 6.33. The van der Waals surface area contributed by atoms with Crippen LogP contribution in [-0.4, -0.2) is 22.1 Å². The largest absolute Gasteiger partial charge is 0.308 e. The van der Waals surface area contributed by atoms with Crippen LogP contribution in [0.5, 0.6) is 0 Å². The zero-order valence-corrected chi connectivity index (χ0v) is 15.3. The topological polar surface area (TPSA) is 29.9 Å². The van der Waals surface area contributed by atoms with E-state index in [0.29, 0.717) is 0 Å². The number of hydrogen-bond donors (Lipinski definition) is 1. The van der Waals surface area contributed by atoms with Crippen LogP contribution in [0, 0.1) is 0 Å². The van der Waals surface area contributed by atoms with Crippen molar-refractivity contribution < 1.29 is 0 Å². The summed E-state index contributed by atoms with van der Waals surface area (Å²) in [6.45, 7) is 5.91. The Balaban J connectivity index is 2.16. The third kappa shape index (κ3) is 4.25. The summed E-state index contributed by atoms with van der Waals surface area (Å²) < 4.78 is 3.09. The highest BCUT2D eigenvalue weighted by Gasteiger charge is 2.19. The van der Waals surface area contributed by atoms with Gasteiger partial charge in [0, 0.05) is 21.7 Å². The minimum absolute atomic E-state index is 0.182. The van der Waals surface area contributed by atoms with Crippen LogP contribution in [0.1, 0.15) is 25.6 Å². The molecule has 0 amide bonds. The lowest BCUT2D eigenvalue weighted by molar-refractivity contribution is 0.527. The number of nitrogens with zero attached hydrogens (tertiary/aromatic N) is 2. The monoisotopic (exact) mass is 387 g/mol. The van der Waals surface area contributed by atoms with Gasteiger partial charge >= 0.3 is 0 Å². The molecule has 0 aliphatic carbocycles. The SMILES string of the molecule is CCNC(CSc1ccccc1Br)c1c(Cl)cnn1CC. The van der Waals surface area contributed by atoms with Crippen molar-refractivity contribution in [3.63, 3.8) is 0 Å². The molecule has 0 bridgehead atoms. The summed E-state index contributed by atoms with van der Waals surface area (Å²) in [6, 6.07) is 8.45. The number of thioether (sulfide) groups is 1. The Hall–Kier alpha value is -0.490. The second kappa shape index (κ2) is 8.22. The van der Waals surface area contributed by atoms with Crippen molar-refractivity contribution in [1.29, 1.82) is 0 Å². The highest BCUT2D eigenvalue weighted by molar-refractivity contribution is 9.10. The lowest BCUT2D eigenvalue weighted by atomic mass is 10.2. The summed E-state index contributed by atoms with van der Waals surface area (Å²) in [6.07, 6.45) is 1.73. The van der Waals surface area contributed by atoms with Gasteiger partial charge in [-0.25, -0.2) is 0 Å². The zero-order chi connectivity index (χ0) is 15.2. The molecule has 114 valence electrons. The van der Waals surface area contributed by atoms with Gasteiger partial charge in [0.25, 0.3) is 0 Å². The molecule has 1 N–H and O–H groups in total. The van der Waals surface area contributed by atoms with Crippen LogP contribution in [0.25, 0.3) is 0 Å². The van der Waals surface area contributed by atoms with Crippen molar-refractivity contribution in [2.24, 2.45) is 0 Å². The highest BCUT2D eigenvalue weighted by Crippen LogP contribution is 2.32. The molecule has 6 heteroatoms. The maximum Gasteiger partial charge on any atom is 0.0834 e. The van der Waals surface area contributed by atoms with Crippen molar-refractivity contribution >= 4 is 39.3 Å². The van der Waals surface area contributed by atoms with E-state index in [9.17, 15) is 0 Å². The number of rotatable bonds is 7. The maximum atomic E-state index is 6.33. The van der Waals surface area contributed by atoms with E-state index in [4.69, 9.17) is 11.6 Å². The van der Waals surface area contributed by atoms with Crippen LogP contribution in [0.15, 0.2) is 39.8 Å². The second-order valence-corrected chi connectivity index (χ2v) is 6.87. The van der Waals surface area contributed by atoms with Gasteiger partial charge in [-0.15, -0.1) is 11.8 Å². The van der Waals surface area contributed by atoms with Gasteiger partial charge in [-0.2, -0.15) is 5.10 Å². The van der Waals surface area contributed by atoms with E-state index >= 15 is 0 Å². The van der Waals surface area contributed by atoms with E-state index in [2.05, 4.69) is 58.4 Å². The van der Waals surface area contributed by atoms with Crippen LogP contribution in [-0.2, 0) is 6.54 Å². The van der Waals surface area contributed by atoms with E-state index in [1.54, 1.807) is 6.20 Å². The first kappa shape index (κ1) is 16.9. The summed E-state index contributed by atoms with van der Waals surface area (Å²) in [7, 11) is 0. The molecule has 1 atom stereocenters. The van der Waals surface area contributed by atoms with Crippen molar-refractivity contribution in [2.75, 3.05) is 12.3 Å². The van der Waals surface area contributed by atoms with Crippen molar-refractivity contribution in [3.8, 4) is 0 Å². The first-order valence-electron chi connectivity index (χ1n) is 6.99. The molecule has 1 unspecified atom stereocenters. The molecule has 1 heterocycles. The Bertz CT molecular complexity index is 588. The summed E-state index contributed by atoms with van der Waals surface area (Å²) in [4.78, 5) is 1.24. The molecule has 21 heavy (non-hydrogen) atoms. The van der Waals surface area contributed by atoms with Gasteiger partial charge in [-0.3, -0.25) is 4.68 Å². The number of halogens is 2. The third-order valence-electron chi connectivity index (χ3n) is 3.16. The highest BCUT2D eigenvalue weighted by atomic mass is 79.9. The third-order valence-corrected chi connectivity index (χ3v) is 5.57. The van der Waals surface area contributed by atoms with Crippen LogP contribution in [0.2, 0.25) is 5.02 Å². The van der Waals surface area contributed by atoms with Crippen molar-refractivity contribution in [3.05, 3.63) is 45.7 Å². The molecule has 2 aromatic rings. The molecule has 0 fully saturated rings. The number of benzene rings is 1. The molecule has 3 nitrogen and oxygen atoms in total. The number of aryl methyl sites for hydroxylation is 1. The number of hydrogen-bond acceptors (Lipinski definition) is 3. The quantitative estimate of drug-likeness (QED) is 0.693. The van der Waals surface area contributed by atoms with Gasteiger partial charge in [0.15, 0.2) is 0 Å². The molecule has 2 rings (SSSR count). The molecular formula is C15H19BrClN3S. The summed E-state index contributed by atoms with van der Waals surface area (Å²) >= 11 is 11.7. The lowest BCUT2D eigenvalue weighted by Gasteiger charge is -2.19. The van der Waals surface area contributed by atoms with E-state index in [-0.39, 0.29) is 6.04 Å². The normalized spacial score (nSPS) is 12.6. The minimum Gasteiger partial charge on any atom is -0.308 e. The van der Waals surface area contributed by atoms with Gasteiger partial charge in [0.05, 0.1) is 23.0 Å². The molecule has 0 radical (unpaired) electrons. The Morgan fingerprint density at radius 1 is 1.38 bits per heavy atom. The minimum atomic E-state index is 0.182. The molecular weight excluding hydrogens is 370 g/mol. The first-order chi connectivity index (χ1) is 10.2. The van der Waals surface area contributed by atoms with Gasteiger partial charge < -0.3 is 5.32 Å². The molecule has 0 aliphatic rings. The van der Waals surface area contributed by atoms with Gasteiger partial charge in [0.1, 0.15) is 0 Å². The van der Waals surface area contributed by atoms with Crippen LogP contribution in [0.3, 0.4) is 0 Å². The smallest absolute Gasteiger partial charge is 0.0834 e. The Kier molecular flexibility index (Phi) is 6.61. The molecule has 0 aliphatic heterocycles. The zero-order valence-electron chi connectivity index (χ0n) is 12.1. The fourth-order valence-corrected chi connectivity index (χ4v) is 4.09. The van der Waals surface area contributed by atoms with Crippen molar-refractivity contribution in [1.82, 2.24) is 15.1 Å². The van der Waals surface area contributed by atoms with Crippen molar-refractivity contribution in [2.45, 2.75) is 31.3 Å². The van der Waals surface area contributed by atoms with Gasteiger partial charge in [-0.05, 0) is 41.5 Å². The predicted octanol–water partition coefficient (Wildman–Crippen LogP) is 4.76. The average Bonchev–Trinajstić information content (AvgIpc) is 2.86. The van der Waals surface area contributed by atoms with E-state index in [1.807, 2.05) is 22.5 Å². The fraction of sp³-hybridized carbons (Fsp3) is 0.400. The van der Waals surface area contributed by atoms with E-state index in [1.165, 1.54) is 4.90 Å². The molecule has 0 saturated heterocycles. The first-order valence-corrected chi connectivity index (χ1v) is 9.14. The average molecular weight is 389 g/mol. The summed E-state index contributed by atoms with van der Waals surface area (Å²) in [5.41, 5.74) is 1.07. The standard InChI is InChI=1S/C15H19BrClN3S/c1-3-18-13(15-12(17)9-19-20(15)4-2)10-21-14-8-6-5-7-11(14)16/h5-9,13,18H,3-4,10H2,1-2H3. The molecule has 0 saturated carbocycles. The lowest BCUT2D eigenvalue weighted by Crippen LogP contribution is -2.26. The van der Waals surface area contributed by atoms with E-state index in [0.717, 1.165) is 34.0 Å². The molecule has 1 aromatic carbocycles. The number of aromatic nitrogens is 2. The number of nitrogens with one attached hydrogen (secondary N) is 1.